The van der Waals surface area contributed by atoms with E-state index in [1.807, 2.05) is 0 Å². The maximum atomic E-state index is 14.4. The zero-order valence-electron chi connectivity index (χ0n) is 17.9. The molecular weight excluding hydrogens is 471 g/mol. The van der Waals surface area contributed by atoms with Crippen LogP contribution in [0.15, 0.2) is 71.6 Å². The molecule has 0 fully saturated rings. The molecule has 0 aromatic heterocycles. The second kappa shape index (κ2) is 10.7. The fourth-order valence-electron chi connectivity index (χ4n) is 3.10. The number of hydrogen-bond donors (Lipinski definition) is 1. The maximum Gasteiger partial charge on any atom is 0.246 e. The summed E-state index contributed by atoms with van der Waals surface area (Å²) in [7, 11) is -1.47. The van der Waals surface area contributed by atoms with Crippen LogP contribution in [0, 0.1) is 5.82 Å². The number of nitrogens with zero attached hydrogens (tertiary/aromatic N) is 1. The molecule has 0 aliphatic heterocycles. The van der Waals surface area contributed by atoms with Crippen LogP contribution in [0.3, 0.4) is 0 Å². The van der Waals surface area contributed by atoms with E-state index in [4.69, 9.17) is 21.1 Å². The van der Waals surface area contributed by atoms with Crippen LogP contribution < -0.4 is 14.8 Å². The van der Waals surface area contributed by atoms with Crippen LogP contribution in [0.4, 0.5) is 10.1 Å². The first kappa shape index (κ1) is 24.5. The van der Waals surface area contributed by atoms with E-state index in [0.29, 0.717) is 27.8 Å². The standard InChI is InChI=1S/C23H22ClFN2O5S/c1-31-17-11-12-21(32-2)20(13-17)26-23(28)15-27(14-16-7-3-4-8-18(16)24)33(29,30)22-10-6-5-9-19(22)25/h3-13H,14-15H2,1-2H3,(H,26,28). The first-order valence-electron chi connectivity index (χ1n) is 9.76. The molecule has 7 nitrogen and oxygen atoms in total. The van der Waals surface area contributed by atoms with Crippen molar-refractivity contribution in [1.82, 2.24) is 4.31 Å². The third-order valence-electron chi connectivity index (χ3n) is 4.76. The minimum atomic E-state index is -4.38. The Morgan fingerprint density at radius 2 is 1.73 bits per heavy atom. The number of amides is 1. The van der Waals surface area contributed by atoms with E-state index < -0.39 is 33.2 Å². The van der Waals surface area contributed by atoms with E-state index in [1.165, 1.54) is 26.4 Å². The lowest BCUT2D eigenvalue weighted by molar-refractivity contribution is -0.116. The number of nitrogens with one attached hydrogen (secondary N) is 1. The Hall–Kier alpha value is -3.14. The van der Waals surface area contributed by atoms with Gasteiger partial charge in [-0.25, -0.2) is 12.8 Å². The van der Waals surface area contributed by atoms with Crippen molar-refractivity contribution in [1.29, 1.82) is 0 Å². The van der Waals surface area contributed by atoms with Gasteiger partial charge in [-0.05, 0) is 35.9 Å². The van der Waals surface area contributed by atoms with Gasteiger partial charge in [-0.3, -0.25) is 4.79 Å². The number of sulfonamides is 1. The maximum absolute atomic E-state index is 14.4. The van der Waals surface area contributed by atoms with E-state index in [9.17, 15) is 17.6 Å². The average molecular weight is 493 g/mol. The molecule has 1 amide bonds. The van der Waals surface area contributed by atoms with Gasteiger partial charge in [0.05, 0.1) is 26.5 Å². The highest BCUT2D eigenvalue weighted by Crippen LogP contribution is 2.29. The van der Waals surface area contributed by atoms with E-state index in [0.717, 1.165) is 16.4 Å². The third kappa shape index (κ3) is 5.81. The van der Waals surface area contributed by atoms with Gasteiger partial charge in [0, 0.05) is 17.6 Å². The molecule has 0 saturated heterocycles. The number of methoxy groups -OCH3 is 2. The average Bonchev–Trinajstić information content (AvgIpc) is 2.80. The molecule has 0 atom stereocenters. The Morgan fingerprint density at radius 3 is 2.39 bits per heavy atom. The minimum absolute atomic E-state index is 0.237. The summed E-state index contributed by atoms with van der Waals surface area (Å²) in [6.45, 7) is -0.832. The number of ether oxygens (including phenoxy) is 2. The van der Waals surface area contributed by atoms with E-state index in [-0.39, 0.29) is 6.54 Å². The van der Waals surface area contributed by atoms with Gasteiger partial charge >= 0.3 is 0 Å². The predicted molar refractivity (Wildman–Crippen MR) is 124 cm³/mol. The van der Waals surface area contributed by atoms with Crippen LogP contribution >= 0.6 is 11.6 Å². The van der Waals surface area contributed by atoms with E-state index >= 15 is 0 Å². The van der Waals surface area contributed by atoms with E-state index in [1.54, 1.807) is 42.5 Å². The van der Waals surface area contributed by atoms with Crippen LogP contribution in [0.5, 0.6) is 11.5 Å². The molecule has 33 heavy (non-hydrogen) atoms. The van der Waals surface area contributed by atoms with Gasteiger partial charge in [0.15, 0.2) is 0 Å². The van der Waals surface area contributed by atoms with Gasteiger partial charge in [0.2, 0.25) is 15.9 Å². The number of anilines is 1. The number of carbonyl (C=O) groups excluding carboxylic acids is 1. The zero-order chi connectivity index (χ0) is 24.0. The number of rotatable bonds is 9. The van der Waals surface area contributed by atoms with Crippen LogP contribution in [0.2, 0.25) is 5.02 Å². The Labute approximate surface area is 196 Å². The molecule has 0 aliphatic rings. The van der Waals surface area contributed by atoms with Crippen molar-refractivity contribution in [2.75, 3.05) is 26.1 Å². The van der Waals surface area contributed by atoms with Crippen molar-refractivity contribution in [3.8, 4) is 11.5 Å². The molecule has 0 heterocycles. The first-order valence-corrected chi connectivity index (χ1v) is 11.6. The lowest BCUT2D eigenvalue weighted by Crippen LogP contribution is -2.38. The second-order valence-electron chi connectivity index (χ2n) is 6.91. The number of hydrogen-bond acceptors (Lipinski definition) is 5. The van der Waals surface area contributed by atoms with Gasteiger partial charge in [-0.2, -0.15) is 4.31 Å². The molecule has 3 aromatic rings. The summed E-state index contributed by atoms with van der Waals surface area (Å²) in [4.78, 5) is 12.4. The quantitative estimate of drug-likeness (QED) is 0.480. The Bertz CT molecular complexity index is 1250. The summed E-state index contributed by atoms with van der Waals surface area (Å²) in [5, 5.41) is 2.95. The highest BCUT2D eigenvalue weighted by atomic mass is 35.5. The number of halogens is 2. The number of benzene rings is 3. The molecule has 0 unspecified atom stereocenters. The lowest BCUT2D eigenvalue weighted by Gasteiger charge is -2.23. The van der Waals surface area contributed by atoms with Gasteiger partial charge in [0.25, 0.3) is 0 Å². The summed E-state index contributed by atoms with van der Waals surface area (Å²) in [5.41, 5.74) is 0.758. The van der Waals surface area contributed by atoms with Gasteiger partial charge < -0.3 is 14.8 Å². The summed E-state index contributed by atoms with van der Waals surface area (Å²) >= 11 is 6.21. The van der Waals surface area contributed by atoms with Gasteiger partial charge in [-0.1, -0.05) is 41.9 Å². The summed E-state index contributed by atoms with van der Waals surface area (Å²) in [6.07, 6.45) is 0. The largest absolute Gasteiger partial charge is 0.497 e. The number of carbonyl (C=O) groups is 1. The normalized spacial score (nSPS) is 11.3. The molecule has 1 N–H and O–H groups in total. The van der Waals surface area contributed by atoms with Crippen molar-refractivity contribution in [2.24, 2.45) is 0 Å². The Morgan fingerprint density at radius 1 is 1.03 bits per heavy atom. The zero-order valence-corrected chi connectivity index (χ0v) is 19.5. The minimum Gasteiger partial charge on any atom is -0.497 e. The van der Waals surface area contributed by atoms with Crippen molar-refractivity contribution in [2.45, 2.75) is 11.4 Å². The topological polar surface area (TPSA) is 84.9 Å². The Balaban J connectivity index is 1.94. The van der Waals surface area contributed by atoms with Gasteiger partial charge in [0.1, 0.15) is 22.2 Å². The molecule has 3 aromatic carbocycles. The fourth-order valence-corrected chi connectivity index (χ4v) is 4.73. The monoisotopic (exact) mass is 492 g/mol. The predicted octanol–water partition coefficient (Wildman–Crippen LogP) is 4.33. The highest BCUT2D eigenvalue weighted by molar-refractivity contribution is 7.89. The molecule has 10 heteroatoms. The molecule has 174 valence electrons. The second-order valence-corrected chi connectivity index (χ2v) is 9.22. The molecular formula is C23H22ClFN2O5S. The molecule has 0 bridgehead atoms. The summed E-state index contributed by atoms with van der Waals surface area (Å²) in [6, 6.07) is 16.4. The lowest BCUT2D eigenvalue weighted by atomic mass is 10.2. The van der Waals surface area contributed by atoms with Crippen molar-refractivity contribution < 1.29 is 27.1 Å². The fraction of sp³-hybridized carbons (Fsp3) is 0.174. The van der Waals surface area contributed by atoms with Crippen LogP contribution in [-0.2, 0) is 21.4 Å². The molecule has 0 aliphatic carbocycles. The molecule has 0 saturated carbocycles. The van der Waals surface area contributed by atoms with Crippen molar-refractivity contribution in [3.63, 3.8) is 0 Å². The SMILES string of the molecule is COc1ccc(OC)c(NC(=O)CN(Cc2ccccc2Cl)S(=O)(=O)c2ccccc2F)c1. The molecule has 3 rings (SSSR count). The third-order valence-corrected chi connectivity index (χ3v) is 6.95. The van der Waals surface area contributed by atoms with Crippen molar-refractivity contribution >= 4 is 33.2 Å². The van der Waals surface area contributed by atoms with Crippen LogP contribution in [-0.4, -0.2) is 39.4 Å². The first-order chi connectivity index (χ1) is 15.8. The Kier molecular flexibility index (Phi) is 7.91. The summed E-state index contributed by atoms with van der Waals surface area (Å²) < 4.78 is 52.2. The van der Waals surface area contributed by atoms with Crippen molar-refractivity contribution in [3.05, 3.63) is 83.1 Å². The van der Waals surface area contributed by atoms with Gasteiger partial charge in [-0.15, -0.1) is 0 Å². The smallest absolute Gasteiger partial charge is 0.246 e. The highest BCUT2D eigenvalue weighted by Gasteiger charge is 2.30. The molecule has 0 radical (unpaired) electrons. The van der Waals surface area contributed by atoms with Crippen LogP contribution in [0.25, 0.3) is 0 Å². The van der Waals surface area contributed by atoms with Crippen LogP contribution in [0.1, 0.15) is 5.56 Å². The summed E-state index contributed by atoms with van der Waals surface area (Å²) in [5.74, 6) is -0.748. The molecule has 0 spiro atoms. The van der Waals surface area contributed by atoms with E-state index in [2.05, 4.69) is 5.32 Å².